The van der Waals surface area contributed by atoms with Crippen molar-refractivity contribution in [1.82, 2.24) is 25.2 Å². The van der Waals surface area contributed by atoms with Crippen LogP contribution in [0, 0.1) is 5.92 Å². The van der Waals surface area contributed by atoms with Crippen LogP contribution in [0.5, 0.6) is 0 Å². The van der Waals surface area contributed by atoms with Gasteiger partial charge >= 0.3 is 0 Å². The Hall–Kier alpha value is -2.93. The molecule has 2 aliphatic heterocycles. The van der Waals surface area contributed by atoms with Gasteiger partial charge in [0.2, 0.25) is 11.9 Å². The van der Waals surface area contributed by atoms with Gasteiger partial charge in [0.25, 0.3) is 0 Å². The first-order valence-electron chi connectivity index (χ1n) is 11.3. The molecule has 1 fully saturated rings. The first-order valence-corrected chi connectivity index (χ1v) is 11.3. The number of piperazine rings is 1. The molecule has 1 saturated heterocycles. The molecule has 2 aliphatic rings. The molecule has 162 valence electrons. The van der Waals surface area contributed by atoms with Gasteiger partial charge in [-0.25, -0.2) is 9.97 Å². The highest BCUT2D eigenvalue weighted by atomic mass is 16.2. The van der Waals surface area contributed by atoms with Gasteiger partial charge in [0.15, 0.2) is 0 Å². The van der Waals surface area contributed by atoms with E-state index in [0.29, 0.717) is 25.4 Å². The zero-order chi connectivity index (χ0) is 21.4. The third-order valence-corrected chi connectivity index (χ3v) is 6.45. The Balaban J connectivity index is 1.35. The quantitative estimate of drug-likeness (QED) is 0.681. The van der Waals surface area contributed by atoms with E-state index in [9.17, 15) is 4.79 Å². The van der Waals surface area contributed by atoms with Gasteiger partial charge in [0.05, 0.1) is 6.04 Å². The molecule has 0 aliphatic carbocycles. The van der Waals surface area contributed by atoms with Crippen molar-refractivity contribution >= 4 is 22.8 Å². The molecule has 31 heavy (non-hydrogen) atoms. The van der Waals surface area contributed by atoms with E-state index >= 15 is 0 Å². The van der Waals surface area contributed by atoms with Crippen LogP contribution in [0.2, 0.25) is 0 Å². The lowest BCUT2D eigenvalue weighted by atomic mass is 9.94. The number of H-pyrrole nitrogens is 1. The number of nitrogens with one attached hydrogen (secondary N) is 2. The van der Waals surface area contributed by atoms with Crippen LogP contribution in [0.15, 0.2) is 42.9 Å². The minimum Gasteiger partial charge on any atom is -0.361 e. The molecule has 7 nitrogen and oxygen atoms in total. The average Bonchev–Trinajstić information content (AvgIpc) is 3.13. The summed E-state index contributed by atoms with van der Waals surface area (Å²) in [5.74, 6) is 1.48. The molecule has 1 amide bonds. The Morgan fingerprint density at radius 2 is 1.90 bits per heavy atom. The van der Waals surface area contributed by atoms with Crippen LogP contribution in [-0.2, 0) is 11.2 Å². The number of hydrogen-bond acceptors (Lipinski definition) is 5. The van der Waals surface area contributed by atoms with E-state index in [1.165, 1.54) is 16.5 Å². The summed E-state index contributed by atoms with van der Waals surface area (Å²) in [5.41, 5.74) is 3.70. The highest BCUT2D eigenvalue weighted by molar-refractivity contribution is 5.90. The number of benzene rings is 1. The Labute approximate surface area is 182 Å². The van der Waals surface area contributed by atoms with Crippen LogP contribution < -0.4 is 10.2 Å². The molecule has 3 aromatic rings. The molecule has 2 aromatic heterocycles. The van der Waals surface area contributed by atoms with Gasteiger partial charge in [-0.05, 0) is 42.0 Å². The van der Waals surface area contributed by atoms with Gasteiger partial charge in [0, 0.05) is 61.7 Å². The third kappa shape index (κ3) is 3.90. The van der Waals surface area contributed by atoms with Gasteiger partial charge in [-0.1, -0.05) is 26.0 Å². The van der Waals surface area contributed by atoms with Crippen LogP contribution in [-0.4, -0.2) is 58.0 Å². The van der Waals surface area contributed by atoms with Crippen molar-refractivity contribution in [2.45, 2.75) is 38.8 Å². The largest absolute Gasteiger partial charge is 0.361 e. The first-order chi connectivity index (χ1) is 15.1. The number of carbonyl (C=O) groups is 1. The zero-order valence-corrected chi connectivity index (χ0v) is 18.2. The molecule has 5 rings (SSSR count). The molecule has 0 bridgehead atoms. The van der Waals surface area contributed by atoms with Gasteiger partial charge < -0.3 is 14.8 Å². The number of hydrogen-bond donors (Lipinski definition) is 2. The van der Waals surface area contributed by atoms with Crippen LogP contribution in [0.25, 0.3) is 10.9 Å². The smallest absolute Gasteiger partial charge is 0.240 e. The Kier molecular flexibility index (Phi) is 5.36. The van der Waals surface area contributed by atoms with Gasteiger partial charge in [-0.2, -0.15) is 0 Å². The number of carbonyl (C=O) groups excluding carboxylic acids is 1. The fourth-order valence-electron chi connectivity index (χ4n) is 4.98. The Morgan fingerprint density at radius 1 is 1.13 bits per heavy atom. The van der Waals surface area contributed by atoms with Crippen molar-refractivity contribution in [2.24, 2.45) is 5.92 Å². The van der Waals surface area contributed by atoms with Crippen molar-refractivity contribution in [3.8, 4) is 0 Å². The second-order valence-electron chi connectivity index (χ2n) is 9.05. The lowest BCUT2D eigenvalue weighted by Gasteiger charge is -2.37. The van der Waals surface area contributed by atoms with Crippen LogP contribution in [0.4, 0.5) is 5.95 Å². The number of aromatic amines is 1. The SMILES string of the molecule is CC(C)C[C@@H]1N[C@H](C(=O)N2CCN(c3ncccn3)CC2)Cc2c[nH]c3cccc1c23. The van der Waals surface area contributed by atoms with Crippen molar-refractivity contribution in [3.05, 3.63) is 54.0 Å². The first kappa shape index (κ1) is 20.0. The molecular formula is C24H30N6O. The molecule has 0 spiro atoms. The highest BCUT2D eigenvalue weighted by Gasteiger charge is 2.33. The monoisotopic (exact) mass is 418 g/mol. The standard InChI is InChI=1S/C24H30N6O/c1-16(2)13-20-18-5-3-6-19-22(18)17(15-27-19)14-21(28-20)23(31)29-9-11-30(12-10-29)24-25-7-4-8-26-24/h3-8,15-16,20-21,27-28H,9-14H2,1-2H3/t20-,21-/m0/s1. The molecule has 2 atom stereocenters. The van der Waals surface area contributed by atoms with E-state index in [-0.39, 0.29) is 18.0 Å². The summed E-state index contributed by atoms with van der Waals surface area (Å²) >= 11 is 0. The molecule has 0 unspecified atom stereocenters. The average molecular weight is 419 g/mol. The number of nitrogens with zero attached hydrogens (tertiary/aromatic N) is 4. The zero-order valence-electron chi connectivity index (χ0n) is 18.2. The van der Waals surface area contributed by atoms with Gasteiger partial charge in [-0.3, -0.25) is 10.1 Å². The van der Waals surface area contributed by atoms with E-state index in [1.807, 2.05) is 11.0 Å². The fourth-order valence-corrected chi connectivity index (χ4v) is 4.98. The van der Waals surface area contributed by atoms with E-state index in [2.05, 4.69) is 63.4 Å². The maximum atomic E-state index is 13.6. The number of amides is 1. The minimum absolute atomic E-state index is 0.175. The van der Waals surface area contributed by atoms with E-state index in [0.717, 1.165) is 31.0 Å². The van der Waals surface area contributed by atoms with Crippen molar-refractivity contribution in [1.29, 1.82) is 0 Å². The van der Waals surface area contributed by atoms with Gasteiger partial charge in [-0.15, -0.1) is 0 Å². The van der Waals surface area contributed by atoms with Crippen molar-refractivity contribution in [2.75, 3.05) is 31.1 Å². The molecule has 0 radical (unpaired) electrons. The maximum absolute atomic E-state index is 13.6. The topological polar surface area (TPSA) is 77.2 Å². The molecule has 4 heterocycles. The number of anilines is 1. The lowest BCUT2D eigenvalue weighted by molar-refractivity contribution is -0.134. The fraction of sp³-hybridized carbons (Fsp3) is 0.458. The second-order valence-corrected chi connectivity index (χ2v) is 9.05. The highest BCUT2D eigenvalue weighted by Crippen LogP contribution is 2.34. The summed E-state index contributed by atoms with van der Waals surface area (Å²) < 4.78 is 0. The van der Waals surface area contributed by atoms with Crippen LogP contribution in [0.3, 0.4) is 0 Å². The predicted molar refractivity (Wildman–Crippen MR) is 122 cm³/mol. The number of aromatic nitrogens is 3. The maximum Gasteiger partial charge on any atom is 0.240 e. The van der Waals surface area contributed by atoms with E-state index < -0.39 is 0 Å². The molecule has 1 aromatic carbocycles. The van der Waals surface area contributed by atoms with Crippen molar-refractivity contribution in [3.63, 3.8) is 0 Å². The molecule has 7 heteroatoms. The Bertz CT molecular complexity index is 1050. The third-order valence-electron chi connectivity index (χ3n) is 6.45. The van der Waals surface area contributed by atoms with E-state index in [1.54, 1.807) is 12.4 Å². The summed E-state index contributed by atoms with van der Waals surface area (Å²) in [4.78, 5) is 29.8. The summed E-state index contributed by atoms with van der Waals surface area (Å²) in [6.07, 6.45) is 7.33. The molecular weight excluding hydrogens is 388 g/mol. The second kappa shape index (κ2) is 8.30. The normalized spacial score (nSPS) is 21.5. The summed E-state index contributed by atoms with van der Waals surface area (Å²) in [6.45, 7) is 7.39. The van der Waals surface area contributed by atoms with Gasteiger partial charge in [0.1, 0.15) is 0 Å². The summed E-state index contributed by atoms with van der Waals surface area (Å²) in [6, 6.07) is 8.24. The lowest BCUT2D eigenvalue weighted by Crippen LogP contribution is -2.55. The molecule has 0 saturated carbocycles. The van der Waals surface area contributed by atoms with E-state index in [4.69, 9.17) is 0 Å². The van der Waals surface area contributed by atoms with Crippen LogP contribution >= 0.6 is 0 Å². The Morgan fingerprint density at radius 3 is 2.65 bits per heavy atom. The predicted octanol–water partition coefficient (Wildman–Crippen LogP) is 2.91. The minimum atomic E-state index is -0.213. The number of rotatable bonds is 4. The summed E-state index contributed by atoms with van der Waals surface area (Å²) in [5, 5.41) is 5.03. The van der Waals surface area contributed by atoms with Crippen LogP contribution in [0.1, 0.15) is 37.4 Å². The van der Waals surface area contributed by atoms with Crippen molar-refractivity contribution < 1.29 is 4.79 Å². The molecule has 2 N–H and O–H groups in total. The summed E-state index contributed by atoms with van der Waals surface area (Å²) in [7, 11) is 0.